The van der Waals surface area contributed by atoms with Crippen molar-refractivity contribution < 1.29 is 4.74 Å². The second-order valence-corrected chi connectivity index (χ2v) is 4.88. The lowest BCUT2D eigenvalue weighted by atomic mass is 10.3. The molecule has 2 N–H and O–H groups in total. The maximum Gasteiger partial charge on any atom is 0.136 e. The molecule has 104 valence electrons. The highest BCUT2D eigenvalue weighted by Gasteiger charge is 2.27. The number of hydrogen-bond donors (Lipinski definition) is 2. The van der Waals surface area contributed by atoms with Gasteiger partial charge in [-0.05, 0) is 25.0 Å². The summed E-state index contributed by atoms with van der Waals surface area (Å²) in [6.45, 7) is 0. The monoisotopic (exact) mass is 270 g/mol. The van der Waals surface area contributed by atoms with Crippen LogP contribution in [0.25, 0.3) is 0 Å². The van der Waals surface area contributed by atoms with Gasteiger partial charge in [-0.2, -0.15) is 0 Å². The smallest absolute Gasteiger partial charge is 0.136 e. The van der Waals surface area contributed by atoms with E-state index in [4.69, 9.17) is 4.74 Å². The van der Waals surface area contributed by atoms with Crippen molar-refractivity contribution in [2.45, 2.75) is 18.8 Å². The van der Waals surface area contributed by atoms with Crippen molar-refractivity contribution in [3.8, 4) is 5.75 Å². The Morgan fingerprint density at radius 3 is 2.65 bits per heavy atom. The number of rotatable bonds is 5. The Labute approximate surface area is 118 Å². The van der Waals surface area contributed by atoms with Gasteiger partial charge in [0.1, 0.15) is 23.2 Å². The zero-order valence-electron chi connectivity index (χ0n) is 11.7. The van der Waals surface area contributed by atoms with Crippen LogP contribution in [-0.2, 0) is 0 Å². The molecule has 1 aliphatic rings. The van der Waals surface area contributed by atoms with Crippen molar-refractivity contribution in [2.24, 2.45) is 0 Å². The van der Waals surface area contributed by atoms with Crippen LogP contribution in [0.3, 0.4) is 0 Å². The molecule has 1 saturated carbocycles. The van der Waals surface area contributed by atoms with E-state index in [1.165, 1.54) is 12.8 Å². The molecule has 1 fully saturated rings. The van der Waals surface area contributed by atoms with Gasteiger partial charge >= 0.3 is 0 Å². The van der Waals surface area contributed by atoms with Crippen LogP contribution in [0.15, 0.2) is 30.3 Å². The highest BCUT2D eigenvalue weighted by atomic mass is 16.5. The lowest BCUT2D eigenvalue weighted by Crippen LogP contribution is -2.03. The minimum absolute atomic E-state index is 0.522. The minimum Gasteiger partial charge on any atom is -0.497 e. The first-order valence-corrected chi connectivity index (χ1v) is 6.76. The molecule has 0 bridgehead atoms. The number of methoxy groups -OCH3 is 1. The fourth-order valence-electron chi connectivity index (χ4n) is 2.03. The van der Waals surface area contributed by atoms with E-state index in [1.807, 2.05) is 37.4 Å². The number of aromatic nitrogens is 2. The molecule has 5 heteroatoms. The average Bonchev–Trinajstić information content (AvgIpc) is 3.31. The Hall–Kier alpha value is -2.30. The number of hydrogen-bond acceptors (Lipinski definition) is 5. The largest absolute Gasteiger partial charge is 0.497 e. The lowest BCUT2D eigenvalue weighted by Gasteiger charge is -2.10. The van der Waals surface area contributed by atoms with Crippen molar-refractivity contribution in [3.05, 3.63) is 36.2 Å². The number of nitrogens with zero attached hydrogens (tertiary/aromatic N) is 2. The first-order chi connectivity index (χ1) is 9.78. The number of benzene rings is 1. The van der Waals surface area contributed by atoms with Crippen LogP contribution in [0, 0.1) is 0 Å². The third kappa shape index (κ3) is 2.82. The van der Waals surface area contributed by atoms with Crippen LogP contribution < -0.4 is 15.4 Å². The molecular weight excluding hydrogens is 252 g/mol. The van der Waals surface area contributed by atoms with Gasteiger partial charge in [0.05, 0.1) is 7.11 Å². The molecule has 1 aromatic heterocycles. The number of ether oxygens (including phenoxy) is 1. The van der Waals surface area contributed by atoms with Crippen LogP contribution in [-0.4, -0.2) is 24.1 Å². The van der Waals surface area contributed by atoms with Gasteiger partial charge < -0.3 is 15.4 Å². The summed E-state index contributed by atoms with van der Waals surface area (Å²) in [4.78, 5) is 9.09. The van der Waals surface area contributed by atoms with E-state index >= 15 is 0 Å². The molecular formula is C15H18N4O. The standard InChI is InChI=1S/C15H18N4O/c1-16-13-9-14(19-15(18-13)10-6-7-10)17-11-4-3-5-12(8-11)20-2/h3-5,8-10H,6-7H2,1-2H3,(H2,16,17,18,19). The third-order valence-corrected chi connectivity index (χ3v) is 3.28. The Balaban J connectivity index is 1.86. The van der Waals surface area contributed by atoms with E-state index in [0.29, 0.717) is 5.92 Å². The molecule has 0 aliphatic heterocycles. The van der Waals surface area contributed by atoms with Crippen LogP contribution in [0.2, 0.25) is 0 Å². The summed E-state index contributed by atoms with van der Waals surface area (Å²) < 4.78 is 5.22. The maximum atomic E-state index is 5.22. The zero-order valence-corrected chi connectivity index (χ0v) is 11.7. The molecule has 1 aromatic carbocycles. The summed E-state index contributed by atoms with van der Waals surface area (Å²) >= 11 is 0. The molecule has 3 rings (SSSR count). The summed E-state index contributed by atoms with van der Waals surface area (Å²) in [6, 6.07) is 9.70. The summed E-state index contributed by atoms with van der Waals surface area (Å²) in [7, 11) is 3.53. The van der Waals surface area contributed by atoms with Crippen LogP contribution in [0.1, 0.15) is 24.6 Å². The Morgan fingerprint density at radius 1 is 1.15 bits per heavy atom. The van der Waals surface area contributed by atoms with E-state index in [1.54, 1.807) is 7.11 Å². The van der Waals surface area contributed by atoms with Gasteiger partial charge in [0.2, 0.25) is 0 Å². The van der Waals surface area contributed by atoms with Gasteiger partial charge in [-0.3, -0.25) is 0 Å². The third-order valence-electron chi connectivity index (χ3n) is 3.28. The van der Waals surface area contributed by atoms with Gasteiger partial charge in [0.15, 0.2) is 0 Å². The molecule has 1 heterocycles. The van der Waals surface area contributed by atoms with E-state index in [9.17, 15) is 0 Å². The highest BCUT2D eigenvalue weighted by molar-refractivity contribution is 5.60. The van der Waals surface area contributed by atoms with E-state index < -0.39 is 0 Å². The topological polar surface area (TPSA) is 59.1 Å². The molecule has 0 spiro atoms. The molecule has 0 unspecified atom stereocenters. The maximum absolute atomic E-state index is 5.22. The van der Waals surface area contributed by atoms with Crippen molar-refractivity contribution in [1.29, 1.82) is 0 Å². The summed E-state index contributed by atoms with van der Waals surface area (Å²) in [5.41, 5.74) is 0.951. The van der Waals surface area contributed by atoms with Crippen molar-refractivity contribution in [1.82, 2.24) is 9.97 Å². The van der Waals surface area contributed by atoms with E-state index in [-0.39, 0.29) is 0 Å². The predicted molar refractivity (Wildman–Crippen MR) is 79.8 cm³/mol. The van der Waals surface area contributed by atoms with Crippen LogP contribution in [0.4, 0.5) is 17.3 Å². The molecule has 0 amide bonds. The van der Waals surface area contributed by atoms with Crippen molar-refractivity contribution in [2.75, 3.05) is 24.8 Å². The Kier molecular flexibility index (Phi) is 3.41. The zero-order chi connectivity index (χ0) is 13.9. The molecule has 2 aromatic rings. The Bertz CT molecular complexity index is 611. The fourth-order valence-corrected chi connectivity index (χ4v) is 2.03. The van der Waals surface area contributed by atoms with E-state index in [0.717, 1.165) is 28.9 Å². The molecule has 0 saturated heterocycles. The van der Waals surface area contributed by atoms with Gasteiger partial charge in [0, 0.05) is 30.8 Å². The summed E-state index contributed by atoms with van der Waals surface area (Å²) in [5, 5.41) is 6.39. The summed E-state index contributed by atoms with van der Waals surface area (Å²) in [5.74, 6) is 3.91. The first-order valence-electron chi connectivity index (χ1n) is 6.76. The van der Waals surface area contributed by atoms with Crippen molar-refractivity contribution in [3.63, 3.8) is 0 Å². The van der Waals surface area contributed by atoms with Crippen molar-refractivity contribution >= 4 is 17.3 Å². The number of nitrogens with one attached hydrogen (secondary N) is 2. The normalized spacial score (nSPS) is 13.9. The number of anilines is 3. The second-order valence-electron chi connectivity index (χ2n) is 4.88. The molecule has 0 radical (unpaired) electrons. The lowest BCUT2D eigenvalue weighted by molar-refractivity contribution is 0.415. The van der Waals surface area contributed by atoms with Crippen LogP contribution in [0.5, 0.6) is 5.75 Å². The van der Waals surface area contributed by atoms with Gasteiger partial charge in [-0.15, -0.1) is 0 Å². The first kappa shape index (κ1) is 12.7. The second kappa shape index (κ2) is 5.36. The molecule has 5 nitrogen and oxygen atoms in total. The van der Waals surface area contributed by atoms with E-state index in [2.05, 4.69) is 20.6 Å². The average molecular weight is 270 g/mol. The Morgan fingerprint density at radius 2 is 1.95 bits per heavy atom. The highest BCUT2D eigenvalue weighted by Crippen LogP contribution is 2.39. The quantitative estimate of drug-likeness (QED) is 0.874. The molecule has 1 aliphatic carbocycles. The minimum atomic E-state index is 0.522. The predicted octanol–water partition coefficient (Wildman–Crippen LogP) is 3.15. The fraction of sp³-hybridized carbons (Fsp3) is 0.333. The molecule has 0 atom stereocenters. The van der Waals surface area contributed by atoms with Gasteiger partial charge in [-0.1, -0.05) is 6.07 Å². The van der Waals surface area contributed by atoms with Gasteiger partial charge in [-0.25, -0.2) is 9.97 Å². The van der Waals surface area contributed by atoms with Gasteiger partial charge in [0.25, 0.3) is 0 Å². The molecule has 20 heavy (non-hydrogen) atoms. The summed E-state index contributed by atoms with van der Waals surface area (Å²) in [6.07, 6.45) is 2.37. The van der Waals surface area contributed by atoms with Crippen LogP contribution >= 0.6 is 0 Å². The SMILES string of the molecule is CNc1cc(Nc2cccc(OC)c2)nc(C2CC2)n1.